The van der Waals surface area contributed by atoms with Crippen LogP contribution in [0.5, 0.6) is 0 Å². The van der Waals surface area contributed by atoms with Crippen LogP contribution in [0.3, 0.4) is 0 Å². The summed E-state index contributed by atoms with van der Waals surface area (Å²) in [5, 5.41) is 5.11. The minimum Gasteiger partial charge on any atom is -0.336 e. The molecule has 33 heavy (non-hydrogen) atoms. The van der Waals surface area contributed by atoms with Crippen molar-refractivity contribution in [3.05, 3.63) is 53.6 Å². The van der Waals surface area contributed by atoms with E-state index in [0.717, 1.165) is 11.8 Å². The second-order valence-corrected chi connectivity index (χ2v) is 10.7. The van der Waals surface area contributed by atoms with E-state index in [0.29, 0.717) is 16.6 Å². The van der Waals surface area contributed by atoms with Crippen LogP contribution < -0.4 is 0 Å². The van der Waals surface area contributed by atoms with E-state index in [2.05, 4.69) is 5.10 Å². The number of pyridine rings is 1. The molecule has 1 aliphatic heterocycles. The Morgan fingerprint density at radius 2 is 1.73 bits per heavy atom. The number of sulfonamides is 1. The normalized spacial score (nSPS) is 15.7. The predicted octanol–water partition coefficient (Wildman–Crippen LogP) is 3.42. The zero-order valence-electron chi connectivity index (χ0n) is 19.2. The lowest BCUT2D eigenvalue weighted by Crippen LogP contribution is -2.50. The van der Waals surface area contributed by atoms with Gasteiger partial charge in [-0.2, -0.15) is 9.40 Å². The van der Waals surface area contributed by atoms with Gasteiger partial charge in [-0.1, -0.05) is 26.0 Å². The first-order valence-electron chi connectivity index (χ1n) is 11.0. The zero-order valence-corrected chi connectivity index (χ0v) is 20.0. The van der Waals surface area contributed by atoms with Gasteiger partial charge in [0.2, 0.25) is 10.0 Å². The molecule has 1 aliphatic rings. The summed E-state index contributed by atoms with van der Waals surface area (Å²) in [4.78, 5) is 19.5. The van der Waals surface area contributed by atoms with Crippen molar-refractivity contribution in [2.75, 3.05) is 26.2 Å². The summed E-state index contributed by atoms with van der Waals surface area (Å²) in [6, 6.07) is 7.24. The third kappa shape index (κ3) is 4.24. The van der Waals surface area contributed by atoms with Gasteiger partial charge in [0, 0.05) is 37.9 Å². The molecule has 0 spiro atoms. The highest BCUT2D eigenvalue weighted by Crippen LogP contribution is 2.26. The average molecular weight is 474 g/mol. The summed E-state index contributed by atoms with van der Waals surface area (Å²) < 4.78 is 42.9. The molecular formula is C23H28FN5O3S. The van der Waals surface area contributed by atoms with Crippen LogP contribution in [0.1, 0.15) is 55.7 Å². The smallest absolute Gasteiger partial charge is 0.254 e. The Hall–Kier alpha value is -2.85. The number of halogens is 1. The standard InChI is InChI=1S/C23H28FN5O3S/c1-15(2)20-13-17(18-14-25-29(16(3)4)22(18)26-20)23(30)27-9-11-28(12-10-27)33(31,32)21-8-6-5-7-19(21)24/h5-8,13-16H,9-12H2,1-4H3. The van der Waals surface area contributed by atoms with Gasteiger partial charge in [-0.3, -0.25) is 4.79 Å². The second-order valence-electron chi connectivity index (χ2n) is 8.80. The van der Waals surface area contributed by atoms with Gasteiger partial charge in [0.25, 0.3) is 5.91 Å². The monoisotopic (exact) mass is 473 g/mol. The van der Waals surface area contributed by atoms with Crippen molar-refractivity contribution in [3.63, 3.8) is 0 Å². The number of hydrogen-bond acceptors (Lipinski definition) is 5. The molecule has 4 rings (SSSR count). The van der Waals surface area contributed by atoms with Crippen molar-refractivity contribution in [2.24, 2.45) is 0 Å². The topological polar surface area (TPSA) is 88.4 Å². The third-order valence-electron chi connectivity index (χ3n) is 5.88. The molecule has 0 unspecified atom stereocenters. The summed E-state index contributed by atoms with van der Waals surface area (Å²) >= 11 is 0. The number of fused-ring (bicyclic) bond motifs is 1. The predicted molar refractivity (Wildman–Crippen MR) is 123 cm³/mol. The minimum absolute atomic E-state index is 0.0903. The number of benzene rings is 1. The Bertz CT molecular complexity index is 1290. The van der Waals surface area contributed by atoms with E-state index >= 15 is 0 Å². The Kier molecular flexibility index (Phi) is 6.24. The van der Waals surface area contributed by atoms with Crippen molar-refractivity contribution in [1.82, 2.24) is 24.0 Å². The lowest BCUT2D eigenvalue weighted by molar-refractivity contribution is 0.0699. The summed E-state index contributed by atoms with van der Waals surface area (Å²) in [5.74, 6) is -0.840. The molecule has 1 amide bonds. The molecule has 0 N–H and O–H groups in total. The quantitative estimate of drug-likeness (QED) is 0.567. The zero-order chi connectivity index (χ0) is 23.9. The summed E-state index contributed by atoms with van der Waals surface area (Å²) in [7, 11) is -3.97. The van der Waals surface area contributed by atoms with Crippen LogP contribution in [-0.2, 0) is 10.0 Å². The molecule has 0 aliphatic carbocycles. The van der Waals surface area contributed by atoms with Gasteiger partial charge in [-0.05, 0) is 38.0 Å². The van der Waals surface area contributed by atoms with Gasteiger partial charge in [-0.15, -0.1) is 0 Å². The van der Waals surface area contributed by atoms with Crippen LogP contribution in [-0.4, -0.2) is 64.5 Å². The van der Waals surface area contributed by atoms with Crippen LogP contribution in [0.15, 0.2) is 41.4 Å². The molecule has 0 bridgehead atoms. The van der Waals surface area contributed by atoms with E-state index < -0.39 is 15.8 Å². The van der Waals surface area contributed by atoms with Crippen LogP contribution in [0, 0.1) is 5.82 Å². The fourth-order valence-corrected chi connectivity index (χ4v) is 5.47. The number of amides is 1. The number of carbonyl (C=O) groups excluding carboxylic acids is 1. The van der Waals surface area contributed by atoms with E-state index in [9.17, 15) is 17.6 Å². The molecule has 1 saturated heterocycles. The number of carbonyl (C=O) groups is 1. The van der Waals surface area contributed by atoms with E-state index in [-0.39, 0.29) is 48.9 Å². The molecule has 3 heterocycles. The van der Waals surface area contributed by atoms with Crippen LogP contribution in [0.25, 0.3) is 11.0 Å². The molecule has 8 nitrogen and oxygen atoms in total. The first kappa shape index (κ1) is 23.3. The maximum absolute atomic E-state index is 14.1. The van der Waals surface area contributed by atoms with Crippen molar-refractivity contribution >= 4 is 27.0 Å². The van der Waals surface area contributed by atoms with E-state index in [1.54, 1.807) is 15.8 Å². The van der Waals surface area contributed by atoms with E-state index in [4.69, 9.17) is 4.98 Å². The summed E-state index contributed by atoms with van der Waals surface area (Å²) in [5.41, 5.74) is 1.98. The molecule has 0 atom stereocenters. The van der Waals surface area contributed by atoms with Crippen LogP contribution in [0.4, 0.5) is 4.39 Å². The van der Waals surface area contributed by atoms with Crippen molar-refractivity contribution in [1.29, 1.82) is 0 Å². The Labute approximate surface area is 193 Å². The maximum Gasteiger partial charge on any atom is 0.254 e. The number of hydrogen-bond donors (Lipinski definition) is 0. The van der Waals surface area contributed by atoms with E-state index in [1.165, 1.54) is 22.5 Å². The first-order valence-corrected chi connectivity index (χ1v) is 12.5. The van der Waals surface area contributed by atoms with E-state index in [1.807, 2.05) is 33.8 Å². The fourth-order valence-electron chi connectivity index (χ4n) is 3.98. The molecule has 176 valence electrons. The lowest BCUT2D eigenvalue weighted by Gasteiger charge is -2.34. The first-order chi connectivity index (χ1) is 15.6. The third-order valence-corrected chi connectivity index (χ3v) is 7.81. The summed E-state index contributed by atoms with van der Waals surface area (Å²) in [6.07, 6.45) is 1.67. The molecule has 0 saturated carbocycles. The minimum atomic E-state index is -3.97. The SMILES string of the molecule is CC(C)c1cc(C(=O)N2CCN(S(=O)(=O)c3ccccc3F)CC2)c2cnn(C(C)C)c2n1. The van der Waals surface area contributed by atoms with Gasteiger partial charge in [0.05, 0.1) is 17.1 Å². The van der Waals surface area contributed by atoms with Crippen molar-refractivity contribution < 1.29 is 17.6 Å². The highest BCUT2D eigenvalue weighted by molar-refractivity contribution is 7.89. The highest BCUT2D eigenvalue weighted by Gasteiger charge is 2.33. The Morgan fingerprint density at radius 3 is 2.33 bits per heavy atom. The second kappa shape index (κ2) is 8.83. The molecule has 10 heteroatoms. The molecule has 1 fully saturated rings. The van der Waals surface area contributed by atoms with Crippen molar-refractivity contribution in [2.45, 2.75) is 44.6 Å². The molecule has 3 aromatic rings. The van der Waals surface area contributed by atoms with Gasteiger partial charge >= 0.3 is 0 Å². The van der Waals surface area contributed by atoms with Gasteiger partial charge in [0.15, 0.2) is 5.65 Å². The Balaban J connectivity index is 1.60. The van der Waals surface area contributed by atoms with Crippen LogP contribution in [0.2, 0.25) is 0 Å². The lowest BCUT2D eigenvalue weighted by atomic mass is 10.0. The highest BCUT2D eigenvalue weighted by atomic mass is 32.2. The molecule has 1 aromatic carbocycles. The molecule has 2 aromatic heterocycles. The molecular weight excluding hydrogens is 445 g/mol. The number of nitrogens with zero attached hydrogens (tertiary/aromatic N) is 5. The fraction of sp³-hybridized carbons (Fsp3) is 0.435. The van der Waals surface area contributed by atoms with Crippen LogP contribution >= 0.6 is 0 Å². The van der Waals surface area contributed by atoms with Crippen molar-refractivity contribution in [3.8, 4) is 0 Å². The maximum atomic E-state index is 14.1. The largest absolute Gasteiger partial charge is 0.336 e. The number of rotatable bonds is 5. The van der Waals surface area contributed by atoms with Gasteiger partial charge < -0.3 is 4.90 Å². The number of piperazine rings is 1. The molecule has 0 radical (unpaired) electrons. The van der Waals surface area contributed by atoms with Gasteiger partial charge in [0.1, 0.15) is 10.7 Å². The van der Waals surface area contributed by atoms with Gasteiger partial charge in [-0.25, -0.2) is 22.5 Å². The summed E-state index contributed by atoms with van der Waals surface area (Å²) in [6.45, 7) is 8.67. The number of aromatic nitrogens is 3. The Morgan fingerprint density at radius 1 is 1.06 bits per heavy atom. The average Bonchev–Trinajstić information content (AvgIpc) is 3.22.